The molecule has 0 saturated carbocycles. The zero-order valence-corrected chi connectivity index (χ0v) is 32.1. The van der Waals surface area contributed by atoms with Gasteiger partial charge in [0, 0.05) is 32.5 Å². The third kappa shape index (κ3) is 5.81. The van der Waals surface area contributed by atoms with Crippen molar-refractivity contribution in [3.63, 3.8) is 0 Å². The molecule has 11 rings (SSSR count). The van der Waals surface area contributed by atoms with Gasteiger partial charge in [0.15, 0.2) is 5.84 Å². The van der Waals surface area contributed by atoms with Crippen LogP contribution in [0, 0.1) is 0 Å². The fourth-order valence-electron chi connectivity index (χ4n) is 8.53. The first-order valence-electron chi connectivity index (χ1n) is 19.8. The van der Waals surface area contributed by atoms with E-state index in [2.05, 4.69) is 197 Å². The van der Waals surface area contributed by atoms with Gasteiger partial charge in [-0.05, 0) is 64.9 Å². The van der Waals surface area contributed by atoms with Gasteiger partial charge < -0.3 is 0 Å². The Morgan fingerprint density at radius 1 is 0.492 bits per heavy atom. The normalized spacial score (nSPS) is 12.4. The molecule has 0 spiro atoms. The first kappa shape index (κ1) is 34.3. The number of pyridine rings is 1. The third-order valence-corrected chi connectivity index (χ3v) is 11.3. The van der Waals surface area contributed by atoms with Gasteiger partial charge in [-0.3, -0.25) is 8.97 Å². The third-order valence-electron chi connectivity index (χ3n) is 11.3. The molecule has 0 unspecified atom stereocenters. The van der Waals surface area contributed by atoms with Gasteiger partial charge in [-0.25, -0.2) is 15.0 Å². The van der Waals surface area contributed by atoms with Crippen molar-refractivity contribution in [1.29, 1.82) is 0 Å². The van der Waals surface area contributed by atoms with Crippen LogP contribution in [0.4, 0.5) is 0 Å². The predicted octanol–water partition coefficient (Wildman–Crippen LogP) is 12.8. The Balaban J connectivity index is 1.17. The Hall–Kier alpha value is -7.96. The van der Waals surface area contributed by atoms with Gasteiger partial charge in [0.05, 0.1) is 34.1 Å². The van der Waals surface area contributed by atoms with Crippen LogP contribution in [0.5, 0.6) is 0 Å². The zero-order chi connectivity index (χ0) is 39.3. The number of fused-ring (bicyclic) bond motifs is 12. The summed E-state index contributed by atoms with van der Waals surface area (Å²) in [5.74, 6) is 1.00. The monoisotopic (exact) mass is 756 g/mol. The van der Waals surface area contributed by atoms with Crippen molar-refractivity contribution in [2.24, 2.45) is 15.0 Å². The second kappa shape index (κ2) is 14.2. The van der Waals surface area contributed by atoms with Crippen LogP contribution in [-0.2, 0) is 6.54 Å². The van der Waals surface area contributed by atoms with Crippen molar-refractivity contribution in [3.8, 4) is 22.3 Å². The van der Waals surface area contributed by atoms with E-state index in [0.717, 1.165) is 88.0 Å². The average Bonchev–Trinajstić information content (AvgIpc) is 3.87. The summed E-state index contributed by atoms with van der Waals surface area (Å²) in [7, 11) is 0. The van der Waals surface area contributed by atoms with Crippen molar-refractivity contribution in [3.05, 3.63) is 205 Å². The molecule has 59 heavy (non-hydrogen) atoms. The van der Waals surface area contributed by atoms with Crippen LogP contribution >= 0.6 is 0 Å². The molecule has 0 aliphatic rings. The van der Waals surface area contributed by atoms with E-state index in [-0.39, 0.29) is 0 Å². The Morgan fingerprint density at radius 3 is 1.75 bits per heavy atom. The molecule has 0 fully saturated rings. The number of hydrogen-bond acceptors (Lipinski definition) is 2. The number of aromatic nitrogens is 3. The van der Waals surface area contributed by atoms with Gasteiger partial charge in [-0.15, -0.1) is 0 Å². The highest BCUT2D eigenvalue weighted by Crippen LogP contribution is 2.40. The van der Waals surface area contributed by atoms with Crippen molar-refractivity contribution < 1.29 is 0 Å². The molecule has 11 aromatic rings. The molecule has 3 aromatic heterocycles. The Morgan fingerprint density at radius 2 is 1.05 bits per heavy atom. The highest BCUT2D eigenvalue weighted by atomic mass is 15.2. The second-order valence-electron chi connectivity index (χ2n) is 14.7. The molecule has 278 valence electrons. The average molecular weight is 757 g/mol. The smallest absolute Gasteiger partial charge is 0.232 e. The lowest BCUT2D eigenvalue weighted by Crippen LogP contribution is -2.13. The Kier molecular flexibility index (Phi) is 8.26. The SMILES string of the molecule is C=N/C(=N\C(=NCc1ccc(-c2ccccc2)cc1)n1c2ccccc2c2ccc3c(c4ccccc4n4c5ccccc5nc34)c21)c1ccc(-c2ccccc2)cc1. The lowest BCUT2D eigenvalue weighted by Gasteiger charge is -2.14. The van der Waals surface area contributed by atoms with E-state index in [0.29, 0.717) is 18.3 Å². The molecule has 8 aromatic carbocycles. The molecule has 6 nitrogen and oxygen atoms in total. The molecule has 0 saturated heterocycles. The first-order valence-corrected chi connectivity index (χ1v) is 19.8. The summed E-state index contributed by atoms with van der Waals surface area (Å²) in [6, 6.07) is 67.7. The van der Waals surface area contributed by atoms with Gasteiger partial charge in [0.25, 0.3) is 0 Å². The molecule has 0 bridgehead atoms. The van der Waals surface area contributed by atoms with E-state index in [4.69, 9.17) is 15.0 Å². The van der Waals surface area contributed by atoms with Crippen LogP contribution in [0.3, 0.4) is 0 Å². The van der Waals surface area contributed by atoms with Crippen molar-refractivity contribution in [1.82, 2.24) is 14.0 Å². The summed E-state index contributed by atoms with van der Waals surface area (Å²) in [5.41, 5.74) is 12.5. The van der Waals surface area contributed by atoms with Crippen LogP contribution in [0.1, 0.15) is 11.1 Å². The maximum atomic E-state index is 5.38. The van der Waals surface area contributed by atoms with Crippen LogP contribution < -0.4 is 0 Å². The van der Waals surface area contributed by atoms with Crippen LogP contribution in [0.2, 0.25) is 0 Å². The number of nitrogens with zero attached hydrogens (tertiary/aromatic N) is 6. The summed E-state index contributed by atoms with van der Waals surface area (Å²) >= 11 is 0. The minimum Gasteiger partial charge on any atom is -0.292 e. The van der Waals surface area contributed by atoms with E-state index >= 15 is 0 Å². The fourth-order valence-corrected chi connectivity index (χ4v) is 8.53. The van der Waals surface area contributed by atoms with Gasteiger partial charge in [-0.1, -0.05) is 164 Å². The summed E-state index contributed by atoms with van der Waals surface area (Å²) in [6.07, 6.45) is 0. The molecular formula is C53H36N6. The second-order valence-corrected chi connectivity index (χ2v) is 14.7. The number of hydrogen-bond donors (Lipinski definition) is 0. The molecule has 0 radical (unpaired) electrons. The molecule has 0 N–H and O–H groups in total. The number of benzene rings is 8. The number of imidazole rings is 1. The largest absolute Gasteiger partial charge is 0.292 e. The number of aliphatic imine (C=N–C) groups is 3. The lowest BCUT2D eigenvalue weighted by atomic mass is 10.0. The number of para-hydroxylation sites is 4. The van der Waals surface area contributed by atoms with Crippen molar-refractivity contribution in [2.75, 3.05) is 0 Å². The molecule has 0 aliphatic carbocycles. The first-order chi connectivity index (χ1) is 29.2. The Labute approximate surface area is 340 Å². The number of amidine groups is 1. The van der Waals surface area contributed by atoms with Crippen LogP contribution in [0.25, 0.3) is 82.4 Å². The zero-order valence-electron chi connectivity index (χ0n) is 32.1. The van der Waals surface area contributed by atoms with E-state index in [1.807, 2.05) is 18.2 Å². The van der Waals surface area contributed by atoms with Crippen molar-refractivity contribution in [2.45, 2.75) is 6.54 Å². The molecule has 0 atom stereocenters. The quantitative estimate of drug-likeness (QED) is 0.0980. The van der Waals surface area contributed by atoms with Gasteiger partial charge in [-0.2, -0.15) is 4.99 Å². The van der Waals surface area contributed by atoms with Crippen LogP contribution in [0.15, 0.2) is 209 Å². The Bertz CT molecular complexity index is 3450. The highest BCUT2D eigenvalue weighted by Gasteiger charge is 2.22. The molecule has 0 aliphatic heterocycles. The van der Waals surface area contributed by atoms with E-state index in [1.54, 1.807) is 0 Å². The maximum Gasteiger partial charge on any atom is 0.232 e. The number of rotatable bonds is 5. The maximum absolute atomic E-state index is 5.38. The lowest BCUT2D eigenvalue weighted by molar-refractivity contribution is 1.03. The van der Waals surface area contributed by atoms with Crippen molar-refractivity contribution >= 4 is 78.7 Å². The van der Waals surface area contributed by atoms with Gasteiger partial charge >= 0.3 is 0 Å². The van der Waals surface area contributed by atoms with Gasteiger partial charge in [0.1, 0.15) is 5.65 Å². The topological polar surface area (TPSA) is 59.3 Å². The minimum absolute atomic E-state index is 0.403. The summed E-state index contributed by atoms with van der Waals surface area (Å²) in [6.45, 7) is 4.43. The summed E-state index contributed by atoms with van der Waals surface area (Å²) in [4.78, 5) is 20.5. The summed E-state index contributed by atoms with van der Waals surface area (Å²) < 4.78 is 4.51. The molecule has 0 amide bonds. The van der Waals surface area contributed by atoms with E-state index in [9.17, 15) is 0 Å². The molecule has 3 heterocycles. The minimum atomic E-state index is 0.403. The van der Waals surface area contributed by atoms with Crippen LogP contribution in [-0.4, -0.2) is 32.5 Å². The van der Waals surface area contributed by atoms with Gasteiger partial charge in [0.2, 0.25) is 5.96 Å². The fraction of sp³-hybridized carbons (Fsp3) is 0.0189. The predicted molar refractivity (Wildman–Crippen MR) is 247 cm³/mol. The molecule has 6 heteroatoms. The standard InChI is InChI=1S/C53H36N6/c1-54-51(40-30-28-39(29-31-40)37-16-6-3-7-17-37)57-53(55-34-35-24-26-38(27-25-35)36-14-4-2-5-15-36)59-46-21-11-8-18-41(46)42-32-33-44-49(50(42)59)43-19-9-12-22-47(43)58-48-23-13-10-20-45(48)56-52(44)58/h2-33H,1,34H2/b55-53?,57-51-. The summed E-state index contributed by atoms with van der Waals surface area (Å²) in [5, 5.41) is 5.47. The van der Waals surface area contributed by atoms with E-state index < -0.39 is 0 Å². The van der Waals surface area contributed by atoms with E-state index in [1.165, 1.54) is 5.56 Å². The highest BCUT2D eigenvalue weighted by molar-refractivity contribution is 6.30. The molecular weight excluding hydrogens is 721 g/mol.